The van der Waals surface area contributed by atoms with E-state index < -0.39 is 16.0 Å². The molecule has 10 heteroatoms. The predicted octanol–water partition coefficient (Wildman–Crippen LogP) is -0.195. The predicted molar refractivity (Wildman–Crippen MR) is 71.2 cm³/mol. The Labute approximate surface area is 120 Å². The van der Waals surface area contributed by atoms with E-state index in [1.54, 1.807) is 12.1 Å². The van der Waals surface area contributed by atoms with Gasteiger partial charge in [0.1, 0.15) is 6.33 Å². The topological polar surface area (TPSA) is 127 Å². The maximum atomic E-state index is 12.1. The first-order chi connectivity index (χ1) is 9.99. The van der Waals surface area contributed by atoms with Gasteiger partial charge in [0.25, 0.3) is 0 Å². The first-order valence-corrected chi connectivity index (χ1v) is 7.52. The minimum absolute atomic E-state index is 0.0593. The lowest BCUT2D eigenvalue weighted by Crippen LogP contribution is -2.25. The summed E-state index contributed by atoms with van der Waals surface area (Å²) in [5.41, 5.74) is 0.508. The van der Waals surface area contributed by atoms with Gasteiger partial charge in [-0.2, -0.15) is 0 Å². The molecule has 2 rings (SSSR count). The molecule has 2 N–H and O–H groups in total. The van der Waals surface area contributed by atoms with Crippen molar-refractivity contribution in [2.75, 3.05) is 6.54 Å². The van der Waals surface area contributed by atoms with Crippen LogP contribution in [0.1, 0.15) is 12.8 Å². The molecule has 0 fully saturated rings. The van der Waals surface area contributed by atoms with E-state index in [2.05, 4.69) is 20.2 Å². The number of sulfonamides is 1. The van der Waals surface area contributed by atoms with Crippen molar-refractivity contribution in [2.24, 2.45) is 0 Å². The molecular weight excluding hydrogens is 298 g/mol. The van der Waals surface area contributed by atoms with E-state index in [1.807, 2.05) is 0 Å². The summed E-state index contributed by atoms with van der Waals surface area (Å²) in [5.74, 6) is -0.963. The zero-order chi connectivity index (χ0) is 15.3. The van der Waals surface area contributed by atoms with Crippen molar-refractivity contribution in [1.29, 1.82) is 0 Å². The number of carboxylic acid groups (broad SMARTS) is 1. The second-order valence-corrected chi connectivity index (χ2v) is 5.91. The highest BCUT2D eigenvalue weighted by Gasteiger charge is 2.14. The molecule has 2 aromatic rings. The van der Waals surface area contributed by atoms with Crippen LogP contribution in [0.3, 0.4) is 0 Å². The minimum Gasteiger partial charge on any atom is -0.481 e. The highest BCUT2D eigenvalue weighted by atomic mass is 32.2. The summed E-state index contributed by atoms with van der Waals surface area (Å²) in [6, 6.07) is 6.10. The fourth-order valence-corrected chi connectivity index (χ4v) is 2.72. The van der Waals surface area contributed by atoms with Crippen LogP contribution in [0, 0.1) is 0 Å². The third-order valence-electron chi connectivity index (χ3n) is 2.60. The normalized spacial score (nSPS) is 11.4. The fraction of sp³-hybridized carbons (Fsp3) is 0.273. The quantitative estimate of drug-likeness (QED) is 0.678. The highest BCUT2D eigenvalue weighted by molar-refractivity contribution is 7.89. The molecule has 0 unspecified atom stereocenters. The summed E-state index contributed by atoms with van der Waals surface area (Å²) in [4.78, 5) is 10.4. The molecule has 0 atom stereocenters. The molecule has 0 spiro atoms. The van der Waals surface area contributed by atoms with Gasteiger partial charge < -0.3 is 5.11 Å². The summed E-state index contributed by atoms with van der Waals surface area (Å²) in [6.07, 6.45) is 1.49. The van der Waals surface area contributed by atoms with Crippen LogP contribution in [0.2, 0.25) is 0 Å². The third-order valence-corrected chi connectivity index (χ3v) is 4.06. The Balaban J connectivity index is 2.10. The number of aromatic nitrogens is 4. The van der Waals surface area contributed by atoms with Gasteiger partial charge in [0.05, 0.1) is 10.6 Å². The van der Waals surface area contributed by atoms with Crippen LogP contribution in [0.25, 0.3) is 5.69 Å². The van der Waals surface area contributed by atoms with Crippen molar-refractivity contribution in [3.05, 3.63) is 30.6 Å². The number of aliphatic carboxylic acids is 1. The number of nitrogens with one attached hydrogen (secondary N) is 1. The van der Waals surface area contributed by atoms with Crippen LogP contribution < -0.4 is 4.72 Å². The molecular formula is C11H13N5O4S. The average molecular weight is 311 g/mol. The molecule has 0 aliphatic rings. The van der Waals surface area contributed by atoms with Gasteiger partial charge in [0, 0.05) is 13.0 Å². The van der Waals surface area contributed by atoms with Gasteiger partial charge in [-0.3, -0.25) is 4.79 Å². The smallest absolute Gasteiger partial charge is 0.303 e. The Hall–Kier alpha value is -2.33. The van der Waals surface area contributed by atoms with Crippen LogP contribution in [-0.4, -0.2) is 46.2 Å². The van der Waals surface area contributed by atoms with Gasteiger partial charge in [-0.1, -0.05) is 6.07 Å². The molecule has 0 saturated carbocycles. The standard InChI is InChI=1S/C11H13N5O4S/c17-11(18)5-2-6-13-21(19,20)10-4-1-3-9(7-10)16-8-12-14-15-16/h1,3-4,7-8,13H,2,5-6H2,(H,17,18). The Morgan fingerprint density at radius 2 is 2.19 bits per heavy atom. The van der Waals surface area contributed by atoms with Crippen LogP contribution in [0.5, 0.6) is 0 Å². The van der Waals surface area contributed by atoms with E-state index in [9.17, 15) is 13.2 Å². The molecule has 0 amide bonds. The van der Waals surface area contributed by atoms with Crippen LogP contribution in [-0.2, 0) is 14.8 Å². The molecule has 0 bridgehead atoms. The van der Waals surface area contributed by atoms with Crippen molar-refractivity contribution in [3.63, 3.8) is 0 Å². The Morgan fingerprint density at radius 3 is 2.86 bits per heavy atom. The molecule has 0 aliphatic carbocycles. The molecule has 1 aromatic carbocycles. The number of carbonyl (C=O) groups is 1. The van der Waals surface area contributed by atoms with E-state index >= 15 is 0 Å². The number of hydrogen-bond acceptors (Lipinski definition) is 6. The molecule has 9 nitrogen and oxygen atoms in total. The summed E-state index contributed by atoms with van der Waals surface area (Å²) in [5, 5.41) is 19.1. The number of carboxylic acids is 1. The maximum absolute atomic E-state index is 12.1. The van der Waals surface area contributed by atoms with Gasteiger partial charge in [-0.25, -0.2) is 17.8 Å². The van der Waals surface area contributed by atoms with E-state index in [0.717, 1.165) is 0 Å². The monoisotopic (exact) mass is 311 g/mol. The number of tetrazole rings is 1. The number of rotatable bonds is 7. The van der Waals surface area contributed by atoms with Crippen LogP contribution >= 0.6 is 0 Å². The Morgan fingerprint density at radius 1 is 1.38 bits per heavy atom. The van der Waals surface area contributed by atoms with Crippen molar-refractivity contribution >= 4 is 16.0 Å². The molecule has 1 aromatic heterocycles. The molecule has 112 valence electrons. The average Bonchev–Trinajstić information content (AvgIpc) is 2.98. The first kappa shape index (κ1) is 15.1. The van der Waals surface area contributed by atoms with Crippen LogP contribution in [0.15, 0.2) is 35.5 Å². The molecule has 1 heterocycles. The second-order valence-electron chi connectivity index (χ2n) is 4.15. The Kier molecular flexibility index (Phi) is 4.60. The molecule has 0 aliphatic heterocycles. The zero-order valence-corrected chi connectivity index (χ0v) is 11.7. The van der Waals surface area contributed by atoms with Gasteiger partial charge in [-0.15, -0.1) is 5.10 Å². The van der Waals surface area contributed by atoms with Crippen molar-refractivity contribution < 1.29 is 18.3 Å². The lowest BCUT2D eigenvalue weighted by atomic mass is 10.3. The zero-order valence-electron chi connectivity index (χ0n) is 10.9. The van der Waals surface area contributed by atoms with E-state index in [1.165, 1.54) is 23.1 Å². The largest absolute Gasteiger partial charge is 0.481 e. The van der Waals surface area contributed by atoms with E-state index in [4.69, 9.17) is 5.11 Å². The first-order valence-electron chi connectivity index (χ1n) is 6.04. The fourth-order valence-electron chi connectivity index (χ4n) is 1.60. The molecule has 0 saturated heterocycles. The number of nitrogens with zero attached hydrogens (tertiary/aromatic N) is 4. The van der Waals surface area contributed by atoms with Crippen molar-refractivity contribution in [3.8, 4) is 5.69 Å². The second kappa shape index (κ2) is 6.41. The lowest BCUT2D eigenvalue weighted by molar-refractivity contribution is -0.137. The van der Waals surface area contributed by atoms with Gasteiger partial charge in [0.2, 0.25) is 10.0 Å². The van der Waals surface area contributed by atoms with E-state index in [-0.39, 0.29) is 24.3 Å². The van der Waals surface area contributed by atoms with Gasteiger partial charge in [-0.05, 0) is 35.0 Å². The van der Waals surface area contributed by atoms with Crippen molar-refractivity contribution in [1.82, 2.24) is 24.9 Å². The van der Waals surface area contributed by atoms with Crippen LogP contribution in [0.4, 0.5) is 0 Å². The SMILES string of the molecule is O=C(O)CCCNS(=O)(=O)c1cccc(-n2cnnn2)c1. The lowest BCUT2D eigenvalue weighted by Gasteiger charge is -2.07. The Bertz CT molecular complexity index is 714. The highest BCUT2D eigenvalue weighted by Crippen LogP contribution is 2.13. The van der Waals surface area contributed by atoms with Gasteiger partial charge in [0.15, 0.2) is 0 Å². The third kappa shape index (κ3) is 4.07. The molecule has 0 radical (unpaired) electrons. The maximum Gasteiger partial charge on any atom is 0.303 e. The summed E-state index contributed by atoms with van der Waals surface area (Å²) in [6.45, 7) is 0.0593. The molecule has 21 heavy (non-hydrogen) atoms. The summed E-state index contributed by atoms with van der Waals surface area (Å²) >= 11 is 0. The summed E-state index contributed by atoms with van der Waals surface area (Å²) < 4.78 is 27.8. The minimum atomic E-state index is -3.70. The number of hydrogen-bond donors (Lipinski definition) is 2. The van der Waals surface area contributed by atoms with Gasteiger partial charge >= 0.3 is 5.97 Å². The number of benzene rings is 1. The summed E-state index contributed by atoms with van der Waals surface area (Å²) in [7, 11) is -3.70. The van der Waals surface area contributed by atoms with E-state index in [0.29, 0.717) is 5.69 Å². The van der Waals surface area contributed by atoms with Crippen molar-refractivity contribution in [2.45, 2.75) is 17.7 Å².